The molecule has 0 heterocycles. The summed E-state index contributed by atoms with van der Waals surface area (Å²) in [5.74, 6) is -2.87. The molecule has 1 N–H and O–H groups in total. The lowest BCUT2D eigenvalue weighted by atomic mass is 10.1. The van der Waals surface area contributed by atoms with Crippen LogP contribution in [0.5, 0.6) is 0 Å². The van der Waals surface area contributed by atoms with Gasteiger partial charge in [-0.3, -0.25) is 9.59 Å². The predicted octanol–water partition coefficient (Wildman–Crippen LogP) is 1.68. The van der Waals surface area contributed by atoms with Crippen molar-refractivity contribution in [3.8, 4) is 0 Å². The van der Waals surface area contributed by atoms with Crippen molar-refractivity contribution in [1.82, 2.24) is 0 Å². The van der Waals surface area contributed by atoms with Gasteiger partial charge in [0.05, 0.1) is 6.61 Å². The summed E-state index contributed by atoms with van der Waals surface area (Å²) in [4.78, 5) is 23.6. The summed E-state index contributed by atoms with van der Waals surface area (Å²) in [7, 11) is 0. The van der Waals surface area contributed by atoms with Gasteiger partial charge in [-0.1, -0.05) is 30.3 Å². The van der Waals surface area contributed by atoms with Gasteiger partial charge < -0.3 is 14.6 Å². The van der Waals surface area contributed by atoms with E-state index in [1.807, 2.05) is 18.2 Å². The summed E-state index contributed by atoms with van der Waals surface area (Å²) >= 11 is 0. The summed E-state index contributed by atoms with van der Waals surface area (Å²) in [6.45, 7) is 4.49. The molecule has 1 rings (SSSR count). The molecule has 0 saturated carbocycles. The van der Waals surface area contributed by atoms with Gasteiger partial charge in [-0.2, -0.15) is 0 Å². The highest BCUT2D eigenvalue weighted by molar-refractivity contribution is 5.95. The van der Waals surface area contributed by atoms with Gasteiger partial charge in [0.1, 0.15) is 12.2 Å². The summed E-state index contributed by atoms with van der Waals surface area (Å²) < 4.78 is 10.1. The molecule has 1 aromatic rings. The fraction of sp³-hybridized carbons (Fsp3) is 0.467. The van der Waals surface area contributed by atoms with Crippen LogP contribution in [0.25, 0.3) is 0 Å². The Balaban J connectivity index is 2.57. The molecule has 0 bridgehead atoms. The highest BCUT2D eigenvalue weighted by Crippen LogP contribution is 2.13. The number of esters is 2. The Bertz CT molecular complexity index is 447. The van der Waals surface area contributed by atoms with Gasteiger partial charge in [-0.05, 0) is 26.3 Å². The summed E-state index contributed by atoms with van der Waals surface area (Å²) in [6.07, 6.45) is 0. The minimum absolute atomic E-state index is 0.0545. The largest absolute Gasteiger partial charge is 0.460 e. The molecule has 110 valence electrons. The Hall–Kier alpha value is -1.88. The van der Waals surface area contributed by atoms with Crippen LogP contribution >= 0.6 is 0 Å². The number of ether oxygens (including phenoxy) is 2. The Labute approximate surface area is 118 Å². The van der Waals surface area contributed by atoms with Crippen molar-refractivity contribution >= 4 is 11.9 Å². The van der Waals surface area contributed by atoms with E-state index < -0.39 is 30.1 Å². The zero-order valence-corrected chi connectivity index (χ0v) is 12.0. The van der Waals surface area contributed by atoms with E-state index in [1.54, 1.807) is 32.9 Å². The summed E-state index contributed by atoms with van der Waals surface area (Å²) in [5, 5.41) is 9.16. The quantitative estimate of drug-likeness (QED) is 0.656. The smallest absolute Gasteiger partial charge is 0.323 e. The first-order chi connectivity index (χ1) is 9.33. The molecule has 1 atom stereocenters. The molecule has 0 aliphatic rings. The molecule has 20 heavy (non-hydrogen) atoms. The summed E-state index contributed by atoms with van der Waals surface area (Å²) in [5.41, 5.74) is 0.0891. The van der Waals surface area contributed by atoms with Crippen LogP contribution in [-0.4, -0.2) is 29.3 Å². The van der Waals surface area contributed by atoms with E-state index in [9.17, 15) is 9.59 Å². The maximum absolute atomic E-state index is 11.8. The molecule has 0 unspecified atom stereocenters. The van der Waals surface area contributed by atoms with Crippen molar-refractivity contribution in [3.05, 3.63) is 35.9 Å². The maximum atomic E-state index is 11.8. The molecule has 0 saturated heterocycles. The van der Waals surface area contributed by atoms with Crippen molar-refractivity contribution < 1.29 is 24.2 Å². The van der Waals surface area contributed by atoms with Gasteiger partial charge in [0.25, 0.3) is 0 Å². The molecule has 5 heteroatoms. The fourth-order valence-electron chi connectivity index (χ4n) is 1.45. The molecule has 0 fully saturated rings. The Morgan fingerprint density at radius 3 is 2.25 bits per heavy atom. The molecule has 0 radical (unpaired) electrons. The van der Waals surface area contributed by atoms with E-state index in [1.165, 1.54) is 0 Å². The Morgan fingerprint density at radius 1 is 1.15 bits per heavy atom. The number of aliphatic hydroxyl groups is 1. The van der Waals surface area contributed by atoms with Crippen LogP contribution in [0.2, 0.25) is 0 Å². The zero-order valence-electron chi connectivity index (χ0n) is 12.0. The van der Waals surface area contributed by atoms with Crippen LogP contribution in [-0.2, 0) is 25.7 Å². The first-order valence-electron chi connectivity index (χ1n) is 6.38. The number of hydrogen-bond acceptors (Lipinski definition) is 5. The maximum Gasteiger partial charge on any atom is 0.323 e. The number of carbonyl (C=O) groups is 2. The second-order valence-electron chi connectivity index (χ2n) is 5.36. The SMILES string of the molecule is CC(C)(C)OC(=O)[C@@H](CO)C(=O)OCc1ccccc1. The number of hydrogen-bond donors (Lipinski definition) is 1. The summed E-state index contributed by atoms with van der Waals surface area (Å²) in [6, 6.07) is 9.09. The molecule has 0 spiro atoms. The lowest BCUT2D eigenvalue weighted by molar-refractivity contribution is -0.171. The van der Waals surface area contributed by atoms with Crippen LogP contribution in [0.1, 0.15) is 26.3 Å². The number of benzene rings is 1. The number of rotatable bonds is 5. The van der Waals surface area contributed by atoms with Gasteiger partial charge in [0.2, 0.25) is 0 Å². The molecule has 0 aromatic heterocycles. The Kier molecular flexibility index (Phi) is 5.70. The standard InChI is InChI=1S/C15H20O5/c1-15(2,3)20-14(18)12(9-16)13(17)19-10-11-7-5-4-6-8-11/h4-8,12,16H,9-10H2,1-3H3/t12-/m0/s1. The van der Waals surface area contributed by atoms with Gasteiger partial charge in [-0.15, -0.1) is 0 Å². The van der Waals surface area contributed by atoms with Crippen LogP contribution < -0.4 is 0 Å². The van der Waals surface area contributed by atoms with E-state index in [0.29, 0.717) is 0 Å². The van der Waals surface area contributed by atoms with E-state index >= 15 is 0 Å². The average molecular weight is 280 g/mol. The lowest BCUT2D eigenvalue weighted by Crippen LogP contribution is -2.35. The molecular weight excluding hydrogens is 260 g/mol. The van der Waals surface area contributed by atoms with Crippen molar-refractivity contribution in [2.45, 2.75) is 33.0 Å². The highest BCUT2D eigenvalue weighted by Gasteiger charge is 2.32. The van der Waals surface area contributed by atoms with Gasteiger partial charge in [0.15, 0.2) is 5.92 Å². The topological polar surface area (TPSA) is 72.8 Å². The molecule has 0 aliphatic heterocycles. The minimum atomic E-state index is -1.31. The first kappa shape index (κ1) is 16.2. The highest BCUT2D eigenvalue weighted by atomic mass is 16.6. The number of aliphatic hydroxyl groups excluding tert-OH is 1. The molecule has 0 aliphatic carbocycles. The van der Waals surface area contributed by atoms with Crippen molar-refractivity contribution in [3.63, 3.8) is 0 Å². The first-order valence-corrected chi connectivity index (χ1v) is 6.38. The van der Waals surface area contributed by atoms with Gasteiger partial charge >= 0.3 is 11.9 Å². The van der Waals surface area contributed by atoms with Crippen LogP contribution in [0.15, 0.2) is 30.3 Å². The zero-order chi connectivity index (χ0) is 15.2. The van der Waals surface area contributed by atoms with Crippen LogP contribution in [0, 0.1) is 5.92 Å². The van der Waals surface area contributed by atoms with E-state index in [0.717, 1.165) is 5.56 Å². The second-order valence-corrected chi connectivity index (χ2v) is 5.36. The number of carbonyl (C=O) groups excluding carboxylic acids is 2. The average Bonchev–Trinajstić information content (AvgIpc) is 2.36. The Morgan fingerprint density at radius 2 is 1.75 bits per heavy atom. The van der Waals surface area contributed by atoms with E-state index in [4.69, 9.17) is 14.6 Å². The van der Waals surface area contributed by atoms with Crippen LogP contribution in [0.4, 0.5) is 0 Å². The fourth-order valence-corrected chi connectivity index (χ4v) is 1.45. The normalized spacial score (nSPS) is 12.6. The van der Waals surface area contributed by atoms with Crippen molar-refractivity contribution in [2.75, 3.05) is 6.61 Å². The predicted molar refractivity (Wildman–Crippen MR) is 72.7 cm³/mol. The third-order valence-electron chi connectivity index (χ3n) is 2.38. The van der Waals surface area contributed by atoms with Gasteiger partial charge in [0, 0.05) is 0 Å². The lowest BCUT2D eigenvalue weighted by Gasteiger charge is -2.22. The second kappa shape index (κ2) is 7.05. The van der Waals surface area contributed by atoms with Gasteiger partial charge in [-0.25, -0.2) is 0 Å². The molecular formula is C15H20O5. The van der Waals surface area contributed by atoms with Crippen LogP contribution in [0.3, 0.4) is 0 Å². The van der Waals surface area contributed by atoms with E-state index in [2.05, 4.69) is 0 Å². The monoisotopic (exact) mass is 280 g/mol. The van der Waals surface area contributed by atoms with Crippen molar-refractivity contribution in [1.29, 1.82) is 0 Å². The third kappa shape index (κ3) is 5.40. The third-order valence-corrected chi connectivity index (χ3v) is 2.38. The molecule has 5 nitrogen and oxygen atoms in total. The molecule has 0 amide bonds. The van der Waals surface area contributed by atoms with E-state index in [-0.39, 0.29) is 6.61 Å². The molecule has 1 aromatic carbocycles. The minimum Gasteiger partial charge on any atom is -0.460 e. The van der Waals surface area contributed by atoms with Crippen molar-refractivity contribution in [2.24, 2.45) is 5.92 Å².